The van der Waals surface area contributed by atoms with Gasteiger partial charge in [-0.25, -0.2) is 0 Å². The molecule has 0 aliphatic heterocycles. The van der Waals surface area contributed by atoms with Crippen LogP contribution in [0.5, 0.6) is 0 Å². The molecule has 0 saturated carbocycles. The lowest BCUT2D eigenvalue weighted by Gasteiger charge is -1.69. The highest BCUT2D eigenvalue weighted by atomic mass is 14.0. The summed E-state index contributed by atoms with van der Waals surface area (Å²) >= 11 is 0. The number of hydrogen-bond donors (Lipinski definition) is 1. The predicted molar refractivity (Wildman–Crippen MR) is 32.6 cm³/mol. The average molecular weight is 96.2 g/mol. The Kier molecular flexibility index (Phi) is 2.98. The first-order chi connectivity index (χ1) is 3.00. The second-order valence-electron chi connectivity index (χ2n) is 1.15. The molecule has 1 aromatic rings. The van der Waals surface area contributed by atoms with E-state index in [1.165, 1.54) is 0 Å². The van der Waals surface area contributed by atoms with E-state index in [-0.39, 0.29) is 7.58 Å². The third kappa shape index (κ3) is 1.95. The fourth-order valence-electron chi connectivity index (χ4n) is 0.385. The van der Waals surface area contributed by atoms with Crippen molar-refractivity contribution in [3.8, 4) is 0 Å². The summed E-state index contributed by atoms with van der Waals surface area (Å²) in [6.45, 7) is 0. The van der Waals surface area contributed by atoms with Crippen LogP contribution in [0.3, 0.4) is 0 Å². The zero-order valence-corrected chi connectivity index (χ0v) is 4.17. The van der Waals surface area contributed by atoms with E-state index in [0.29, 0.717) is 0 Å². The normalized spacial score (nSPS) is 6.86. The van der Waals surface area contributed by atoms with Gasteiger partial charge in [-0.05, 0) is 0 Å². The quantitative estimate of drug-likeness (QED) is 0.526. The Balaban J connectivity index is 0. The summed E-state index contributed by atoms with van der Waals surface area (Å²) in [6, 6.07) is 12.0. The van der Waals surface area contributed by atoms with Gasteiger partial charge in [0.15, 0.2) is 0 Å². The van der Waals surface area contributed by atoms with E-state index in [4.69, 9.17) is 0 Å². The number of hydrogen-bond acceptors (Lipinski definition) is 1. The van der Waals surface area contributed by atoms with Gasteiger partial charge < -0.3 is 6.15 Å². The Morgan fingerprint density at radius 2 is 0.714 bits per heavy atom. The molecule has 0 unspecified atom stereocenters. The van der Waals surface area contributed by atoms with Crippen LogP contribution in [0.1, 0.15) is 1.43 Å². The van der Waals surface area contributed by atoms with Crippen molar-refractivity contribution >= 4 is 0 Å². The summed E-state index contributed by atoms with van der Waals surface area (Å²) in [7, 11) is 0. The third-order valence-corrected chi connectivity index (χ3v) is 0.667. The average Bonchev–Trinajstić information content (AvgIpc) is 1.72. The Hall–Kier alpha value is -0.820. The summed E-state index contributed by atoms with van der Waals surface area (Å²) in [5.74, 6) is 0. The maximum Gasteiger partial charge on any atom is 1.00 e. The zero-order chi connectivity index (χ0) is 4.24. The summed E-state index contributed by atoms with van der Waals surface area (Å²) < 4.78 is 0. The lowest BCUT2D eigenvalue weighted by molar-refractivity contribution is 1.72. The SMILES string of the molecule is N.[H+].c1ccccc1. The van der Waals surface area contributed by atoms with Gasteiger partial charge in [-0.1, -0.05) is 36.4 Å². The molecular weight excluding hydrogens is 86.1 g/mol. The topological polar surface area (TPSA) is 35.0 Å². The maximum absolute atomic E-state index is 2.00. The molecule has 1 heteroatoms. The van der Waals surface area contributed by atoms with Gasteiger partial charge in [-0.15, -0.1) is 0 Å². The van der Waals surface area contributed by atoms with E-state index >= 15 is 0 Å². The maximum atomic E-state index is 2.00. The van der Waals surface area contributed by atoms with Crippen LogP contribution in [0.15, 0.2) is 36.4 Å². The van der Waals surface area contributed by atoms with Gasteiger partial charge in [0.25, 0.3) is 0 Å². The van der Waals surface area contributed by atoms with Crippen LogP contribution in [0.4, 0.5) is 0 Å². The van der Waals surface area contributed by atoms with Crippen molar-refractivity contribution in [3.05, 3.63) is 36.4 Å². The molecule has 7 heavy (non-hydrogen) atoms. The van der Waals surface area contributed by atoms with Crippen molar-refractivity contribution in [2.75, 3.05) is 0 Å². The predicted octanol–water partition coefficient (Wildman–Crippen LogP) is 1.96. The molecule has 1 nitrogen and oxygen atoms in total. The second-order valence-corrected chi connectivity index (χ2v) is 1.15. The Morgan fingerprint density at radius 3 is 0.857 bits per heavy atom. The molecule has 0 aromatic heterocycles. The van der Waals surface area contributed by atoms with Crippen molar-refractivity contribution in [2.45, 2.75) is 0 Å². The number of benzene rings is 1. The molecule has 0 aliphatic rings. The summed E-state index contributed by atoms with van der Waals surface area (Å²) in [6.07, 6.45) is 0. The van der Waals surface area contributed by atoms with E-state index < -0.39 is 0 Å². The zero-order valence-electron chi connectivity index (χ0n) is 5.17. The molecule has 38 valence electrons. The summed E-state index contributed by atoms with van der Waals surface area (Å²) in [5, 5.41) is 0. The first-order valence-corrected chi connectivity index (χ1v) is 2.00. The van der Waals surface area contributed by atoms with Crippen molar-refractivity contribution in [3.63, 3.8) is 0 Å². The molecule has 0 amide bonds. The molecule has 0 spiro atoms. The van der Waals surface area contributed by atoms with Gasteiger partial charge >= 0.3 is 1.43 Å². The van der Waals surface area contributed by atoms with E-state index in [0.717, 1.165) is 0 Å². The van der Waals surface area contributed by atoms with Crippen LogP contribution in [0.25, 0.3) is 0 Å². The van der Waals surface area contributed by atoms with E-state index in [1.807, 2.05) is 36.4 Å². The molecule has 0 radical (unpaired) electrons. The van der Waals surface area contributed by atoms with Gasteiger partial charge in [-0.3, -0.25) is 0 Å². The standard InChI is InChI=1S/C6H6.H3N/c1-2-4-6-5-3-1;/h1-6H;1H3/p+1. The smallest absolute Gasteiger partial charge is 0.344 e. The minimum atomic E-state index is 0. The molecule has 0 aliphatic carbocycles. The molecule has 3 N–H and O–H groups in total. The van der Waals surface area contributed by atoms with Gasteiger partial charge in [0, 0.05) is 0 Å². The second kappa shape index (κ2) is 3.37. The van der Waals surface area contributed by atoms with Crippen LogP contribution in [-0.2, 0) is 0 Å². The highest BCUT2D eigenvalue weighted by molar-refractivity contribution is 4.99. The van der Waals surface area contributed by atoms with Crippen molar-refractivity contribution in [1.29, 1.82) is 0 Å². The fraction of sp³-hybridized carbons (Fsp3) is 0. The monoisotopic (exact) mass is 96.1 g/mol. The number of rotatable bonds is 0. The van der Waals surface area contributed by atoms with Gasteiger partial charge in [-0.2, -0.15) is 0 Å². The highest BCUT2D eigenvalue weighted by Crippen LogP contribution is 1.79. The van der Waals surface area contributed by atoms with E-state index in [1.54, 1.807) is 0 Å². The minimum Gasteiger partial charge on any atom is -0.344 e. The van der Waals surface area contributed by atoms with Crippen molar-refractivity contribution in [1.82, 2.24) is 6.15 Å². The Bertz CT molecular complexity index is 80.5. The first kappa shape index (κ1) is 6.18. The van der Waals surface area contributed by atoms with E-state index in [2.05, 4.69) is 0 Å². The molecule has 1 rings (SSSR count). The molecule has 0 bridgehead atoms. The van der Waals surface area contributed by atoms with Crippen molar-refractivity contribution < 1.29 is 1.43 Å². The van der Waals surface area contributed by atoms with E-state index in [9.17, 15) is 0 Å². The minimum absolute atomic E-state index is 0. The molecule has 0 saturated heterocycles. The summed E-state index contributed by atoms with van der Waals surface area (Å²) in [5.41, 5.74) is 0. The molecular formula is C6H10N+. The first-order valence-electron chi connectivity index (χ1n) is 2.00. The third-order valence-electron chi connectivity index (χ3n) is 0.667. The summed E-state index contributed by atoms with van der Waals surface area (Å²) in [4.78, 5) is 0. The molecule has 0 fully saturated rings. The molecule has 0 atom stereocenters. The molecule has 0 heterocycles. The van der Waals surface area contributed by atoms with Crippen LogP contribution in [0.2, 0.25) is 0 Å². The van der Waals surface area contributed by atoms with Crippen LogP contribution < -0.4 is 6.15 Å². The lowest BCUT2D eigenvalue weighted by Crippen LogP contribution is -1.47. The largest absolute Gasteiger partial charge is 1.00 e. The van der Waals surface area contributed by atoms with Crippen molar-refractivity contribution in [2.24, 2.45) is 0 Å². The van der Waals surface area contributed by atoms with Gasteiger partial charge in [0.1, 0.15) is 0 Å². The van der Waals surface area contributed by atoms with Crippen LogP contribution in [0, 0.1) is 0 Å². The highest BCUT2D eigenvalue weighted by Gasteiger charge is 1.57. The fourth-order valence-corrected chi connectivity index (χ4v) is 0.385. The van der Waals surface area contributed by atoms with Crippen LogP contribution in [-0.4, -0.2) is 0 Å². The van der Waals surface area contributed by atoms with Gasteiger partial charge in [0.05, 0.1) is 0 Å². The lowest BCUT2D eigenvalue weighted by atomic mass is 10.4. The molecule has 1 aromatic carbocycles. The van der Waals surface area contributed by atoms with Crippen LogP contribution >= 0.6 is 0 Å². The Labute approximate surface area is 45.1 Å². The van der Waals surface area contributed by atoms with Gasteiger partial charge in [0.2, 0.25) is 0 Å². The Morgan fingerprint density at radius 1 is 0.571 bits per heavy atom.